The van der Waals surface area contributed by atoms with Crippen molar-refractivity contribution in [3.8, 4) is 0 Å². The van der Waals surface area contributed by atoms with Crippen molar-refractivity contribution in [1.29, 1.82) is 0 Å². The van der Waals surface area contributed by atoms with Gasteiger partial charge in [-0.05, 0) is 12.8 Å². The number of nitrogens with one attached hydrogen (secondary N) is 1. The minimum Gasteiger partial charge on any atom is -0.242 e. The van der Waals surface area contributed by atoms with Gasteiger partial charge in [-0.1, -0.05) is 12.8 Å². The maximum Gasteiger partial charge on any atom is 0.226 e. The minimum absolute atomic E-state index is 0.149. The van der Waals surface area contributed by atoms with Crippen LogP contribution in [0.2, 0.25) is 0 Å². The van der Waals surface area contributed by atoms with Crippen LogP contribution in [0.5, 0.6) is 0 Å². The number of sulfonamides is 1. The van der Waals surface area contributed by atoms with Crippen LogP contribution in [0.4, 0.5) is 0 Å². The fourth-order valence-corrected chi connectivity index (χ4v) is 6.35. The van der Waals surface area contributed by atoms with E-state index in [1.54, 1.807) is 0 Å². The zero-order chi connectivity index (χ0) is 8.77. The largest absolute Gasteiger partial charge is 0.242 e. The van der Waals surface area contributed by atoms with Gasteiger partial charge in [-0.25, -0.2) is 12.6 Å². The summed E-state index contributed by atoms with van der Waals surface area (Å²) < 4.78 is 36.0. The van der Waals surface area contributed by atoms with Gasteiger partial charge in [-0.15, -0.1) is 4.13 Å². The van der Waals surface area contributed by atoms with E-state index in [0.717, 1.165) is 19.3 Å². The number of hydrogen-bond acceptors (Lipinski definition) is 3. The molecule has 0 aromatic heterocycles. The second kappa shape index (κ2) is 2.78. The Morgan fingerprint density at radius 2 is 1.92 bits per heavy atom. The van der Waals surface area contributed by atoms with Gasteiger partial charge in [-0.2, -0.15) is 0 Å². The molecule has 0 amide bonds. The summed E-state index contributed by atoms with van der Waals surface area (Å²) in [6, 6.07) is 0. The number of hydrogen-bond donors (Lipinski definition) is 1. The van der Waals surface area contributed by atoms with E-state index in [0.29, 0.717) is 6.42 Å². The Hall–Kier alpha value is 0.0600. The first kappa shape index (κ1) is 8.65. The zero-order valence-electron chi connectivity index (χ0n) is 6.52. The van der Waals surface area contributed by atoms with Gasteiger partial charge >= 0.3 is 0 Å². The Balaban J connectivity index is 2.34. The van der Waals surface area contributed by atoms with E-state index < -0.39 is 21.0 Å². The molecule has 1 N–H and O–H groups in total. The molecule has 3 atom stereocenters. The van der Waals surface area contributed by atoms with E-state index in [9.17, 15) is 12.6 Å². The maximum atomic E-state index is 11.3. The lowest BCUT2D eigenvalue weighted by Crippen LogP contribution is -2.31. The molecule has 70 valence electrons. The number of fused-ring (bicyclic) bond motifs is 1. The van der Waals surface area contributed by atoms with Crippen molar-refractivity contribution < 1.29 is 12.6 Å². The zero-order valence-corrected chi connectivity index (χ0v) is 8.16. The second-order valence-corrected chi connectivity index (χ2v) is 6.85. The average Bonchev–Trinajstić information content (AvgIpc) is 2.25. The monoisotopic (exact) mass is 209 g/mol. The summed E-state index contributed by atoms with van der Waals surface area (Å²) in [5.41, 5.74) is 0. The van der Waals surface area contributed by atoms with Gasteiger partial charge in [0.2, 0.25) is 10.0 Å². The Bertz CT molecular complexity index is 311. The van der Waals surface area contributed by atoms with Gasteiger partial charge in [-0.3, -0.25) is 0 Å². The lowest BCUT2D eigenvalue weighted by Gasteiger charge is -2.20. The molecule has 3 unspecified atom stereocenters. The SMILES string of the molecule is O=S1NS(=O)(=O)C2CCCCC21. The molecular formula is C6H11NO3S2. The van der Waals surface area contributed by atoms with Gasteiger partial charge in [0, 0.05) is 0 Å². The summed E-state index contributed by atoms with van der Waals surface area (Å²) in [6.07, 6.45) is 3.40. The topological polar surface area (TPSA) is 63.2 Å². The van der Waals surface area contributed by atoms with Crippen molar-refractivity contribution in [1.82, 2.24) is 4.13 Å². The van der Waals surface area contributed by atoms with E-state index in [1.807, 2.05) is 0 Å². The van der Waals surface area contributed by atoms with E-state index in [2.05, 4.69) is 4.13 Å². The molecule has 6 heteroatoms. The van der Waals surface area contributed by atoms with Crippen LogP contribution in [0.3, 0.4) is 0 Å². The molecule has 0 bridgehead atoms. The van der Waals surface area contributed by atoms with Crippen LogP contribution < -0.4 is 4.13 Å². The first-order valence-electron chi connectivity index (χ1n) is 4.03. The van der Waals surface area contributed by atoms with Crippen LogP contribution in [-0.2, 0) is 21.0 Å². The van der Waals surface area contributed by atoms with Crippen LogP contribution in [0, 0.1) is 0 Å². The van der Waals surface area contributed by atoms with E-state index in [1.165, 1.54) is 0 Å². The van der Waals surface area contributed by atoms with Crippen LogP contribution in [0.1, 0.15) is 25.7 Å². The summed E-state index contributed by atoms with van der Waals surface area (Å²) in [5.74, 6) is 0. The molecule has 4 nitrogen and oxygen atoms in total. The molecular weight excluding hydrogens is 198 g/mol. The quantitative estimate of drug-likeness (QED) is 0.605. The summed E-state index contributed by atoms with van der Waals surface area (Å²) in [6.45, 7) is 0. The third-order valence-electron chi connectivity index (χ3n) is 2.51. The molecule has 0 radical (unpaired) electrons. The smallest absolute Gasteiger partial charge is 0.226 e. The highest BCUT2D eigenvalue weighted by Gasteiger charge is 2.46. The van der Waals surface area contributed by atoms with Crippen LogP contribution >= 0.6 is 0 Å². The van der Waals surface area contributed by atoms with Gasteiger partial charge in [0.15, 0.2) is 0 Å². The fraction of sp³-hybridized carbons (Fsp3) is 1.00. The third-order valence-corrected chi connectivity index (χ3v) is 6.75. The first-order valence-corrected chi connectivity index (χ1v) is 6.79. The molecule has 1 saturated heterocycles. The van der Waals surface area contributed by atoms with Crippen LogP contribution in [-0.4, -0.2) is 23.1 Å². The molecule has 0 aromatic rings. The van der Waals surface area contributed by atoms with E-state index >= 15 is 0 Å². The van der Waals surface area contributed by atoms with E-state index in [-0.39, 0.29) is 10.5 Å². The maximum absolute atomic E-state index is 11.3. The Morgan fingerprint density at radius 3 is 2.58 bits per heavy atom. The highest BCUT2D eigenvalue weighted by Crippen LogP contribution is 2.31. The van der Waals surface area contributed by atoms with E-state index in [4.69, 9.17) is 0 Å². The molecule has 1 heterocycles. The molecule has 0 aromatic carbocycles. The summed E-state index contributed by atoms with van der Waals surface area (Å²) in [5, 5.41) is -0.532. The molecule has 2 aliphatic rings. The first-order chi connectivity index (χ1) is 5.61. The van der Waals surface area contributed by atoms with Gasteiger partial charge < -0.3 is 0 Å². The molecule has 0 spiro atoms. The van der Waals surface area contributed by atoms with Crippen molar-refractivity contribution in [2.75, 3.05) is 0 Å². The summed E-state index contributed by atoms with van der Waals surface area (Å²) >= 11 is 0. The third kappa shape index (κ3) is 1.22. The van der Waals surface area contributed by atoms with Crippen LogP contribution in [0.15, 0.2) is 0 Å². The lowest BCUT2D eigenvalue weighted by atomic mass is 10.00. The standard InChI is InChI=1S/C6H11NO3S2/c8-11-5-3-1-2-4-6(5)12(9,10)7-11/h5-7H,1-4H2. The molecule has 12 heavy (non-hydrogen) atoms. The minimum atomic E-state index is -3.25. The second-order valence-electron chi connectivity index (χ2n) is 3.29. The summed E-state index contributed by atoms with van der Waals surface area (Å²) in [7, 11) is -4.59. The highest BCUT2D eigenvalue weighted by molar-refractivity contribution is 8.06. The van der Waals surface area contributed by atoms with Crippen molar-refractivity contribution >= 4 is 21.0 Å². The lowest BCUT2D eigenvalue weighted by molar-refractivity contribution is 0.495. The Morgan fingerprint density at radius 1 is 1.25 bits per heavy atom. The number of rotatable bonds is 0. The van der Waals surface area contributed by atoms with Crippen molar-refractivity contribution in [3.05, 3.63) is 0 Å². The average molecular weight is 209 g/mol. The molecule has 1 saturated carbocycles. The predicted octanol–water partition coefficient (Wildman–Crippen LogP) is -0.106. The molecule has 2 fully saturated rings. The molecule has 2 rings (SSSR count). The predicted molar refractivity (Wildman–Crippen MR) is 46.2 cm³/mol. The molecule has 1 aliphatic carbocycles. The molecule has 1 aliphatic heterocycles. The normalized spacial score (nSPS) is 45.5. The summed E-state index contributed by atoms with van der Waals surface area (Å²) in [4.78, 5) is 0. The van der Waals surface area contributed by atoms with Crippen LogP contribution in [0.25, 0.3) is 0 Å². The van der Waals surface area contributed by atoms with Gasteiger partial charge in [0.05, 0.1) is 10.5 Å². The van der Waals surface area contributed by atoms with Crippen molar-refractivity contribution in [2.24, 2.45) is 0 Å². The Kier molecular flexibility index (Phi) is 2.00. The van der Waals surface area contributed by atoms with Gasteiger partial charge in [0.1, 0.15) is 11.0 Å². The highest BCUT2D eigenvalue weighted by atomic mass is 32.3. The Labute approximate surface area is 74.4 Å². The van der Waals surface area contributed by atoms with Crippen molar-refractivity contribution in [2.45, 2.75) is 36.2 Å². The fourth-order valence-electron chi connectivity index (χ4n) is 1.90. The van der Waals surface area contributed by atoms with Gasteiger partial charge in [0.25, 0.3) is 0 Å². The van der Waals surface area contributed by atoms with Crippen molar-refractivity contribution in [3.63, 3.8) is 0 Å².